The number of alkyl halides is 1. The molecule has 1 atom stereocenters. The standard InChI is InChI=1S/C14H10BrCl2FO/c1-19-9-3-5-10(12(15)7-9)14(17)11-4-2-8(16)6-13(11)18/h2-7,14H,1H3. The highest BCUT2D eigenvalue weighted by atomic mass is 79.9. The average Bonchev–Trinajstić information content (AvgIpc) is 2.37. The molecule has 100 valence electrons. The summed E-state index contributed by atoms with van der Waals surface area (Å²) < 4.78 is 19.7. The van der Waals surface area contributed by atoms with E-state index in [2.05, 4.69) is 15.9 Å². The lowest BCUT2D eigenvalue weighted by molar-refractivity contribution is 0.414. The number of hydrogen-bond acceptors (Lipinski definition) is 1. The minimum atomic E-state index is -0.599. The molecule has 0 aliphatic carbocycles. The minimum Gasteiger partial charge on any atom is -0.497 e. The van der Waals surface area contributed by atoms with Crippen LogP contribution in [0.2, 0.25) is 5.02 Å². The van der Waals surface area contributed by atoms with E-state index in [0.717, 1.165) is 10.0 Å². The normalized spacial score (nSPS) is 12.3. The lowest BCUT2D eigenvalue weighted by Gasteiger charge is -2.14. The second-order valence-electron chi connectivity index (χ2n) is 3.92. The second kappa shape index (κ2) is 6.12. The Morgan fingerprint density at radius 1 is 1.16 bits per heavy atom. The van der Waals surface area contributed by atoms with Gasteiger partial charge in [-0.15, -0.1) is 11.6 Å². The summed E-state index contributed by atoms with van der Waals surface area (Å²) in [4.78, 5) is 0. The molecule has 0 aliphatic rings. The smallest absolute Gasteiger partial charge is 0.129 e. The van der Waals surface area contributed by atoms with E-state index in [1.54, 1.807) is 37.4 Å². The van der Waals surface area contributed by atoms with Gasteiger partial charge in [0, 0.05) is 15.1 Å². The van der Waals surface area contributed by atoms with E-state index in [4.69, 9.17) is 27.9 Å². The molecule has 5 heteroatoms. The highest BCUT2D eigenvalue weighted by Crippen LogP contribution is 2.37. The number of ether oxygens (including phenoxy) is 1. The molecule has 1 unspecified atom stereocenters. The number of rotatable bonds is 3. The molecule has 0 bridgehead atoms. The quantitative estimate of drug-likeness (QED) is 0.647. The predicted molar refractivity (Wildman–Crippen MR) is 79.8 cm³/mol. The largest absolute Gasteiger partial charge is 0.497 e. The van der Waals surface area contributed by atoms with Crippen LogP contribution in [0.1, 0.15) is 16.5 Å². The fourth-order valence-corrected chi connectivity index (χ4v) is 2.96. The summed E-state index contributed by atoms with van der Waals surface area (Å²) in [5.74, 6) is 0.284. The summed E-state index contributed by atoms with van der Waals surface area (Å²) in [5, 5.41) is -0.253. The maximum atomic E-state index is 13.9. The molecule has 0 N–H and O–H groups in total. The molecule has 0 fully saturated rings. The van der Waals surface area contributed by atoms with Crippen molar-refractivity contribution in [1.82, 2.24) is 0 Å². The van der Waals surface area contributed by atoms with Crippen LogP contribution in [0.15, 0.2) is 40.9 Å². The minimum absolute atomic E-state index is 0.346. The molecule has 1 nitrogen and oxygen atoms in total. The van der Waals surface area contributed by atoms with Crippen molar-refractivity contribution in [1.29, 1.82) is 0 Å². The molecule has 0 heterocycles. The summed E-state index contributed by atoms with van der Waals surface area (Å²) in [7, 11) is 1.58. The van der Waals surface area contributed by atoms with Gasteiger partial charge in [0.1, 0.15) is 11.6 Å². The highest BCUT2D eigenvalue weighted by Gasteiger charge is 2.18. The van der Waals surface area contributed by atoms with Crippen molar-refractivity contribution in [2.45, 2.75) is 5.38 Å². The monoisotopic (exact) mass is 362 g/mol. The Bertz CT molecular complexity index is 604. The van der Waals surface area contributed by atoms with Crippen LogP contribution in [0.3, 0.4) is 0 Å². The fraction of sp³-hybridized carbons (Fsp3) is 0.143. The Labute approximate surface area is 129 Å². The summed E-state index contributed by atoms with van der Waals surface area (Å²) in [6.07, 6.45) is 0. The van der Waals surface area contributed by atoms with Gasteiger partial charge in [-0.3, -0.25) is 0 Å². The van der Waals surface area contributed by atoms with Crippen LogP contribution in [0, 0.1) is 5.82 Å². The van der Waals surface area contributed by atoms with Crippen molar-refractivity contribution in [2.75, 3.05) is 7.11 Å². The van der Waals surface area contributed by atoms with Gasteiger partial charge in [0.25, 0.3) is 0 Å². The molecule has 2 rings (SSSR count). The molecule has 2 aromatic rings. The van der Waals surface area contributed by atoms with Gasteiger partial charge in [0.05, 0.1) is 12.5 Å². The van der Waals surface area contributed by atoms with Crippen molar-refractivity contribution in [3.05, 3.63) is 62.8 Å². The zero-order valence-electron chi connectivity index (χ0n) is 9.96. The van der Waals surface area contributed by atoms with E-state index in [1.165, 1.54) is 6.07 Å². The van der Waals surface area contributed by atoms with Gasteiger partial charge in [-0.1, -0.05) is 39.7 Å². The second-order valence-corrected chi connectivity index (χ2v) is 5.64. The lowest BCUT2D eigenvalue weighted by Crippen LogP contribution is -1.98. The van der Waals surface area contributed by atoms with Crippen molar-refractivity contribution >= 4 is 39.1 Å². The Hall–Kier alpha value is -0.770. The SMILES string of the molecule is COc1ccc(C(Cl)c2ccc(Cl)cc2F)c(Br)c1. The van der Waals surface area contributed by atoms with Gasteiger partial charge >= 0.3 is 0 Å². The van der Waals surface area contributed by atoms with E-state index < -0.39 is 11.2 Å². The third kappa shape index (κ3) is 3.22. The first-order valence-electron chi connectivity index (χ1n) is 5.45. The zero-order valence-corrected chi connectivity index (χ0v) is 13.1. The van der Waals surface area contributed by atoms with E-state index in [0.29, 0.717) is 16.3 Å². The Morgan fingerprint density at radius 2 is 1.84 bits per heavy atom. The first kappa shape index (κ1) is 14.6. The molecule has 0 aliphatic heterocycles. The van der Waals surface area contributed by atoms with Gasteiger partial charge in [-0.2, -0.15) is 0 Å². The number of halogens is 4. The van der Waals surface area contributed by atoms with Gasteiger partial charge < -0.3 is 4.74 Å². The van der Waals surface area contributed by atoms with Crippen LogP contribution < -0.4 is 4.74 Å². The maximum Gasteiger partial charge on any atom is 0.129 e. The Balaban J connectivity index is 2.41. The third-order valence-corrected chi connectivity index (χ3v) is 4.11. The topological polar surface area (TPSA) is 9.23 Å². The van der Waals surface area contributed by atoms with Crippen LogP contribution >= 0.6 is 39.1 Å². The summed E-state index contributed by atoms with van der Waals surface area (Å²) in [6, 6.07) is 9.83. The van der Waals surface area contributed by atoms with E-state index >= 15 is 0 Å². The summed E-state index contributed by atoms with van der Waals surface area (Å²) in [6.45, 7) is 0. The molecule has 0 amide bonds. The van der Waals surface area contributed by atoms with E-state index in [1.807, 2.05) is 0 Å². The molecule has 0 spiro atoms. The molecule has 0 saturated carbocycles. The van der Waals surface area contributed by atoms with Gasteiger partial charge in [-0.05, 0) is 29.8 Å². The number of methoxy groups -OCH3 is 1. The van der Waals surface area contributed by atoms with Crippen molar-refractivity contribution in [3.63, 3.8) is 0 Å². The third-order valence-electron chi connectivity index (χ3n) is 2.72. The van der Waals surface area contributed by atoms with Crippen LogP contribution in [0.5, 0.6) is 5.75 Å². The fourth-order valence-electron chi connectivity index (χ4n) is 1.71. The van der Waals surface area contributed by atoms with Crippen molar-refractivity contribution < 1.29 is 9.13 Å². The molecule has 0 radical (unpaired) electrons. The van der Waals surface area contributed by atoms with Crippen molar-refractivity contribution in [2.24, 2.45) is 0 Å². The molecule has 0 aromatic heterocycles. The van der Waals surface area contributed by atoms with Gasteiger partial charge in [0.2, 0.25) is 0 Å². The summed E-state index contributed by atoms with van der Waals surface area (Å²) >= 11 is 15.5. The zero-order chi connectivity index (χ0) is 14.0. The molecule has 2 aromatic carbocycles. The van der Waals surface area contributed by atoms with Gasteiger partial charge in [0.15, 0.2) is 0 Å². The van der Waals surface area contributed by atoms with Crippen LogP contribution in [0.4, 0.5) is 4.39 Å². The van der Waals surface area contributed by atoms with Crippen LogP contribution in [-0.4, -0.2) is 7.11 Å². The van der Waals surface area contributed by atoms with Gasteiger partial charge in [-0.25, -0.2) is 4.39 Å². The maximum absolute atomic E-state index is 13.9. The molecule has 0 saturated heterocycles. The molecular formula is C14H10BrCl2FO. The Kier molecular flexibility index (Phi) is 4.71. The average molecular weight is 364 g/mol. The number of hydrogen-bond donors (Lipinski definition) is 0. The molecular weight excluding hydrogens is 354 g/mol. The molecule has 19 heavy (non-hydrogen) atoms. The van der Waals surface area contributed by atoms with E-state index in [9.17, 15) is 4.39 Å². The first-order valence-corrected chi connectivity index (χ1v) is 7.06. The van der Waals surface area contributed by atoms with Crippen LogP contribution in [-0.2, 0) is 0 Å². The Morgan fingerprint density at radius 3 is 2.42 bits per heavy atom. The van der Waals surface area contributed by atoms with Crippen molar-refractivity contribution in [3.8, 4) is 5.75 Å². The predicted octanol–water partition coefficient (Wildman–Crippen LogP) is 5.58. The van der Waals surface area contributed by atoms with Crippen LogP contribution in [0.25, 0.3) is 0 Å². The summed E-state index contributed by atoms with van der Waals surface area (Å²) in [5.41, 5.74) is 1.15. The first-order chi connectivity index (χ1) is 9.02. The van der Waals surface area contributed by atoms with E-state index in [-0.39, 0.29) is 0 Å². The number of benzene rings is 2. The lowest BCUT2D eigenvalue weighted by atomic mass is 10.0. The highest BCUT2D eigenvalue weighted by molar-refractivity contribution is 9.10.